The number of methoxy groups -OCH3 is 1. The molecule has 0 saturated heterocycles. The maximum Gasteiger partial charge on any atom is 0.349 e. The summed E-state index contributed by atoms with van der Waals surface area (Å²) in [7, 11) is -3.06. The van der Waals surface area contributed by atoms with E-state index in [4.69, 9.17) is 0 Å². The summed E-state index contributed by atoms with van der Waals surface area (Å²) >= 11 is 0.996. The molecule has 25 heavy (non-hydrogen) atoms. The molecule has 136 valence electrons. The second kappa shape index (κ2) is 7.94. The molecular formula is C16H19NO6S2. The van der Waals surface area contributed by atoms with Gasteiger partial charge in [0, 0.05) is 10.1 Å². The van der Waals surface area contributed by atoms with Gasteiger partial charge in [0.15, 0.2) is 0 Å². The molecule has 0 bridgehead atoms. The number of thiophene rings is 1. The number of carboxylic acids is 1. The van der Waals surface area contributed by atoms with Crippen molar-refractivity contribution in [1.82, 2.24) is 4.72 Å². The molecular weight excluding hydrogens is 366 g/mol. The SMILES string of the molecule is CCCCC(NS(=O)(=O)c1c(C(=O)OC)sc2ccccc12)C(=O)O. The van der Waals surface area contributed by atoms with Crippen LogP contribution in [0.25, 0.3) is 10.1 Å². The number of esters is 1. The number of carbonyl (C=O) groups is 2. The first-order valence-corrected chi connectivity index (χ1v) is 9.96. The van der Waals surface area contributed by atoms with Crippen LogP contribution < -0.4 is 4.72 Å². The van der Waals surface area contributed by atoms with Crippen molar-refractivity contribution < 1.29 is 27.9 Å². The maximum atomic E-state index is 12.9. The van der Waals surface area contributed by atoms with Crippen molar-refractivity contribution in [3.63, 3.8) is 0 Å². The molecule has 1 aromatic carbocycles. The van der Waals surface area contributed by atoms with Crippen LogP contribution in [0, 0.1) is 0 Å². The van der Waals surface area contributed by atoms with Gasteiger partial charge in [0.2, 0.25) is 10.0 Å². The molecule has 2 N–H and O–H groups in total. The third-order valence-electron chi connectivity index (χ3n) is 3.63. The minimum atomic E-state index is -4.23. The van der Waals surface area contributed by atoms with Crippen molar-refractivity contribution in [2.24, 2.45) is 0 Å². The number of rotatable bonds is 8. The van der Waals surface area contributed by atoms with Crippen molar-refractivity contribution in [1.29, 1.82) is 0 Å². The number of ether oxygens (including phenoxy) is 1. The Balaban J connectivity index is 2.54. The Kier molecular flexibility index (Phi) is 6.15. The first-order valence-electron chi connectivity index (χ1n) is 7.66. The zero-order chi connectivity index (χ0) is 18.6. The van der Waals surface area contributed by atoms with E-state index in [2.05, 4.69) is 9.46 Å². The van der Waals surface area contributed by atoms with Gasteiger partial charge in [-0.05, 0) is 12.5 Å². The van der Waals surface area contributed by atoms with E-state index in [1.54, 1.807) is 24.3 Å². The number of unbranched alkanes of at least 4 members (excludes halogenated alkanes) is 1. The van der Waals surface area contributed by atoms with Crippen molar-refractivity contribution in [3.05, 3.63) is 29.1 Å². The van der Waals surface area contributed by atoms with Crippen LogP contribution in [-0.4, -0.2) is 38.6 Å². The number of hydrogen-bond donors (Lipinski definition) is 2. The lowest BCUT2D eigenvalue weighted by molar-refractivity contribution is -0.139. The number of benzene rings is 1. The molecule has 1 atom stereocenters. The summed E-state index contributed by atoms with van der Waals surface area (Å²) in [5, 5.41) is 9.64. The number of aliphatic carboxylic acids is 1. The maximum absolute atomic E-state index is 12.9. The van der Waals surface area contributed by atoms with Crippen LogP contribution in [0.2, 0.25) is 0 Å². The van der Waals surface area contributed by atoms with Crippen molar-refractivity contribution in [3.8, 4) is 0 Å². The molecule has 1 heterocycles. The van der Waals surface area contributed by atoms with Gasteiger partial charge < -0.3 is 9.84 Å². The van der Waals surface area contributed by atoms with Crippen molar-refractivity contribution in [2.75, 3.05) is 7.11 Å². The molecule has 1 aromatic heterocycles. The van der Waals surface area contributed by atoms with Crippen LogP contribution in [0.3, 0.4) is 0 Å². The van der Waals surface area contributed by atoms with Gasteiger partial charge in [-0.1, -0.05) is 38.0 Å². The summed E-state index contributed by atoms with van der Waals surface area (Å²) in [4.78, 5) is 23.1. The predicted octanol–water partition coefficient (Wildman–Crippen LogP) is 2.61. The Hall–Kier alpha value is -1.97. The molecule has 9 heteroatoms. The van der Waals surface area contributed by atoms with Crippen molar-refractivity contribution >= 4 is 43.4 Å². The normalized spacial score (nSPS) is 12.9. The zero-order valence-corrected chi connectivity index (χ0v) is 15.4. The standard InChI is InChI=1S/C16H19NO6S2/c1-3-4-8-11(15(18)19)17-25(21,22)14-10-7-5-6-9-12(10)24-13(14)16(20)23-2/h5-7,9,11,17H,3-4,8H2,1-2H3,(H,18,19). The lowest BCUT2D eigenvalue weighted by Gasteiger charge is -2.15. The van der Waals surface area contributed by atoms with Crippen LogP contribution in [0.5, 0.6) is 0 Å². The van der Waals surface area contributed by atoms with Crippen LogP contribution in [0.1, 0.15) is 35.9 Å². The quantitative estimate of drug-likeness (QED) is 0.676. The van der Waals surface area contributed by atoms with E-state index in [1.165, 1.54) is 0 Å². The second-order valence-electron chi connectivity index (χ2n) is 5.40. The van der Waals surface area contributed by atoms with Gasteiger partial charge in [-0.2, -0.15) is 4.72 Å². The third-order valence-corrected chi connectivity index (χ3v) is 6.47. The third kappa shape index (κ3) is 4.17. The molecule has 0 saturated carbocycles. The first kappa shape index (κ1) is 19.4. The topological polar surface area (TPSA) is 110 Å². The van der Waals surface area contributed by atoms with Gasteiger partial charge in [-0.25, -0.2) is 13.2 Å². The molecule has 0 aliphatic rings. The number of nitrogens with one attached hydrogen (secondary N) is 1. The van der Waals surface area contributed by atoms with Gasteiger partial charge in [0.25, 0.3) is 0 Å². The molecule has 0 amide bonds. The molecule has 7 nitrogen and oxygen atoms in total. The summed E-state index contributed by atoms with van der Waals surface area (Å²) in [6, 6.07) is 5.40. The highest BCUT2D eigenvalue weighted by molar-refractivity contribution is 7.90. The molecule has 2 aromatic rings. The van der Waals surface area contributed by atoms with Crippen LogP contribution in [0.4, 0.5) is 0 Å². The number of fused-ring (bicyclic) bond motifs is 1. The summed E-state index contributed by atoms with van der Waals surface area (Å²) in [6.07, 6.45) is 1.47. The molecule has 2 rings (SSSR count). The van der Waals surface area contributed by atoms with Gasteiger partial charge in [0.05, 0.1) is 7.11 Å². The molecule has 0 spiro atoms. The fraction of sp³-hybridized carbons (Fsp3) is 0.375. The van der Waals surface area contributed by atoms with Crippen LogP contribution in [0.15, 0.2) is 29.2 Å². The van der Waals surface area contributed by atoms with E-state index in [-0.39, 0.29) is 16.2 Å². The molecule has 0 radical (unpaired) electrons. The van der Waals surface area contributed by atoms with Crippen molar-refractivity contribution in [2.45, 2.75) is 37.1 Å². The summed E-state index contributed by atoms with van der Waals surface area (Å²) < 4.78 is 33.2. The summed E-state index contributed by atoms with van der Waals surface area (Å²) in [6.45, 7) is 1.88. The Labute approximate surface area is 149 Å². The lowest BCUT2D eigenvalue weighted by Crippen LogP contribution is -2.41. The van der Waals surface area contributed by atoms with E-state index < -0.39 is 28.0 Å². The van der Waals surface area contributed by atoms with Gasteiger partial charge in [-0.3, -0.25) is 4.79 Å². The Morgan fingerprint density at radius 1 is 1.32 bits per heavy atom. The van der Waals surface area contributed by atoms with Crippen LogP contribution in [-0.2, 0) is 19.6 Å². The minimum absolute atomic E-state index is 0.0733. The van der Waals surface area contributed by atoms with E-state index in [9.17, 15) is 23.1 Å². The number of carbonyl (C=O) groups excluding carboxylic acids is 1. The highest BCUT2D eigenvalue weighted by Gasteiger charge is 2.32. The van der Waals surface area contributed by atoms with E-state index in [0.717, 1.165) is 24.9 Å². The van der Waals surface area contributed by atoms with Crippen LogP contribution >= 0.6 is 11.3 Å². The largest absolute Gasteiger partial charge is 0.480 e. The monoisotopic (exact) mass is 385 g/mol. The average molecular weight is 385 g/mol. The van der Waals surface area contributed by atoms with Gasteiger partial charge >= 0.3 is 11.9 Å². The number of sulfonamides is 1. The number of hydrogen-bond acceptors (Lipinski definition) is 6. The van der Waals surface area contributed by atoms with E-state index >= 15 is 0 Å². The second-order valence-corrected chi connectivity index (χ2v) is 8.11. The Bertz CT molecular complexity index is 887. The zero-order valence-electron chi connectivity index (χ0n) is 13.8. The first-order chi connectivity index (χ1) is 11.8. The van der Waals surface area contributed by atoms with E-state index in [0.29, 0.717) is 16.5 Å². The lowest BCUT2D eigenvalue weighted by atomic mass is 10.1. The fourth-order valence-electron chi connectivity index (χ4n) is 2.40. The fourth-order valence-corrected chi connectivity index (χ4v) is 5.44. The highest BCUT2D eigenvalue weighted by atomic mass is 32.2. The number of carboxylic acid groups (broad SMARTS) is 1. The predicted molar refractivity (Wildman–Crippen MR) is 94.4 cm³/mol. The smallest absolute Gasteiger partial charge is 0.349 e. The average Bonchev–Trinajstić information content (AvgIpc) is 2.98. The van der Waals surface area contributed by atoms with Gasteiger partial charge in [-0.15, -0.1) is 11.3 Å². The minimum Gasteiger partial charge on any atom is -0.480 e. The molecule has 0 aliphatic heterocycles. The Morgan fingerprint density at radius 2 is 2.00 bits per heavy atom. The highest BCUT2D eigenvalue weighted by Crippen LogP contribution is 2.35. The molecule has 0 fully saturated rings. The van der Waals surface area contributed by atoms with E-state index in [1.807, 2.05) is 6.92 Å². The molecule has 0 aliphatic carbocycles. The summed E-state index contributed by atoms with van der Waals surface area (Å²) in [5.74, 6) is -2.03. The Morgan fingerprint density at radius 3 is 2.60 bits per heavy atom. The molecule has 1 unspecified atom stereocenters. The summed E-state index contributed by atoms with van der Waals surface area (Å²) in [5.41, 5.74) is 0. The van der Waals surface area contributed by atoms with Gasteiger partial charge in [0.1, 0.15) is 15.8 Å².